The number of unbranched alkanes of at least 4 members (excludes halogenated alkanes) is 9. The number of rotatable bonds is 13. The first-order chi connectivity index (χ1) is 9.45. The van der Waals surface area contributed by atoms with E-state index in [0.717, 1.165) is 12.8 Å². The minimum Gasteiger partial charge on any atom is -1.00 e. The maximum atomic E-state index is 11.0. The van der Waals surface area contributed by atoms with Crippen LogP contribution in [0.5, 0.6) is 0 Å². The summed E-state index contributed by atoms with van der Waals surface area (Å²) in [5, 5.41) is 17.9. The molecule has 0 aliphatic rings. The van der Waals surface area contributed by atoms with E-state index in [2.05, 4.69) is 6.92 Å². The zero-order valence-electron chi connectivity index (χ0n) is 15.0. The molecule has 0 aliphatic heterocycles. The van der Waals surface area contributed by atoms with Gasteiger partial charge in [-0.2, -0.15) is 0 Å². The number of hydrogen-bond donors (Lipinski definition) is 2. The molecule has 0 spiro atoms. The van der Waals surface area contributed by atoms with Crippen LogP contribution in [0.2, 0.25) is 0 Å². The quantitative estimate of drug-likeness (QED) is 0.306. The van der Waals surface area contributed by atoms with E-state index in [1.54, 1.807) is 0 Å². The van der Waals surface area contributed by atoms with E-state index in [1.807, 2.05) is 0 Å². The molecule has 21 heavy (non-hydrogen) atoms. The van der Waals surface area contributed by atoms with Crippen molar-refractivity contribution in [3.63, 3.8) is 0 Å². The molecule has 0 rings (SSSR count). The molecule has 2 N–H and O–H groups in total. The summed E-state index contributed by atoms with van der Waals surface area (Å²) in [5.41, 5.74) is -1.62. The minimum absolute atomic E-state index is 0. The Morgan fingerprint density at radius 1 is 0.810 bits per heavy atom. The van der Waals surface area contributed by atoms with Gasteiger partial charge in [-0.05, 0) is 13.3 Å². The molecular formula is C16H31KO4. The number of carboxylic acid groups (broad SMARTS) is 2. The van der Waals surface area contributed by atoms with Crippen LogP contribution in [-0.2, 0) is 9.59 Å². The van der Waals surface area contributed by atoms with Crippen molar-refractivity contribution in [3.8, 4) is 0 Å². The summed E-state index contributed by atoms with van der Waals surface area (Å²) in [6.07, 6.45) is 11.8. The van der Waals surface area contributed by atoms with Crippen LogP contribution in [0.1, 0.15) is 85.9 Å². The Hall–Kier alpha value is 0.576. The molecule has 0 bridgehead atoms. The van der Waals surface area contributed by atoms with Gasteiger partial charge >= 0.3 is 63.3 Å². The van der Waals surface area contributed by atoms with Crippen molar-refractivity contribution in [3.05, 3.63) is 0 Å². The molecule has 0 amide bonds. The van der Waals surface area contributed by atoms with Crippen LogP contribution in [0.25, 0.3) is 0 Å². The molecule has 4 nitrogen and oxygen atoms in total. The van der Waals surface area contributed by atoms with Crippen LogP contribution in [0.4, 0.5) is 0 Å². The van der Waals surface area contributed by atoms with E-state index in [9.17, 15) is 9.59 Å². The van der Waals surface area contributed by atoms with E-state index >= 15 is 0 Å². The fraction of sp³-hybridized carbons (Fsp3) is 0.875. The van der Waals surface area contributed by atoms with Crippen molar-refractivity contribution in [2.24, 2.45) is 5.41 Å². The predicted octanol–water partition coefficient (Wildman–Crippen LogP) is 1.59. The van der Waals surface area contributed by atoms with E-state index in [1.165, 1.54) is 51.9 Å². The van der Waals surface area contributed by atoms with Crippen LogP contribution in [0.3, 0.4) is 0 Å². The summed E-state index contributed by atoms with van der Waals surface area (Å²) in [4.78, 5) is 21.9. The molecule has 0 radical (unpaired) electrons. The van der Waals surface area contributed by atoms with Gasteiger partial charge in [0.05, 0.1) is 0 Å². The summed E-state index contributed by atoms with van der Waals surface area (Å²) in [5.74, 6) is -2.47. The summed E-state index contributed by atoms with van der Waals surface area (Å²) in [6, 6.07) is 0. The van der Waals surface area contributed by atoms with Gasteiger partial charge in [-0.25, -0.2) is 0 Å². The van der Waals surface area contributed by atoms with E-state index in [-0.39, 0.29) is 59.2 Å². The Bertz CT molecular complexity index is 284. The predicted molar refractivity (Wildman–Crippen MR) is 81.0 cm³/mol. The van der Waals surface area contributed by atoms with Gasteiger partial charge in [0.2, 0.25) is 0 Å². The zero-order chi connectivity index (χ0) is 15.4. The van der Waals surface area contributed by atoms with E-state index in [4.69, 9.17) is 10.2 Å². The first kappa shape index (κ1) is 23.8. The van der Waals surface area contributed by atoms with Crippen LogP contribution >= 0.6 is 0 Å². The molecule has 0 fully saturated rings. The second kappa shape index (κ2) is 14.2. The molecule has 5 heteroatoms. The maximum absolute atomic E-state index is 11.0. The fourth-order valence-electron chi connectivity index (χ4n) is 2.27. The van der Waals surface area contributed by atoms with Crippen LogP contribution in [-0.4, -0.2) is 22.2 Å². The molecule has 120 valence electrons. The third kappa shape index (κ3) is 10.9. The van der Waals surface area contributed by atoms with Crippen LogP contribution < -0.4 is 51.4 Å². The summed E-state index contributed by atoms with van der Waals surface area (Å²) >= 11 is 0. The summed E-state index contributed by atoms with van der Waals surface area (Å²) in [7, 11) is 0. The smallest absolute Gasteiger partial charge is 1.00 e. The molecule has 0 saturated heterocycles. The second-order valence-electron chi connectivity index (χ2n) is 5.87. The second-order valence-corrected chi connectivity index (χ2v) is 5.87. The third-order valence-electron chi connectivity index (χ3n) is 3.97. The molecule has 0 aromatic carbocycles. The molecule has 0 aliphatic carbocycles. The average Bonchev–Trinajstić information content (AvgIpc) is 2.40. The van der Waals surface area contributed by atoms with Crippen molar-refractivity contribution in [2.75, 3.05) is 0 Å². The molecule has 0 unspecified atom stereocenters. The van der Waals surface area contributed by atoms with Gasteiger partial charge in [-0.15, -0.1) is 0 Å². The van der Waals surface area contributed by atoms with Gasteiger partial charge in [0.1, 0.15) is 0 Å². The number of aliphatic carboxylic acids is 2. The van der Waals surface area contributed by atoms with Gasteiger partial charge in [0.15, 0.2) is 5.41 Å². The van der Waals surface area contributed by atoms with Crippen LogP contribution in [0, 0.1) is 5.41 Å². The Labute approximate surface area is 173 Å². The Kier molecular flexibility index (Phi) is 16.1. The first-order valence-electron chi connectivity index (χ1n) is 7.92. The van der Waals surface area contributed by atoms with Gasteiger partial charge in [-0.3, -0.25) is 9.59 Å². The Morgan fingerprint density at radius 3 is 1.48 bits per heavy atom. The topological polar surface area (TPSA) is 74.6 Å². The molecule has 0 aromatic heterocycles. The average molecular weight is 327 g/mol. The van der Waals surface area contributed by atoms with Crippen molar-refractivity contribution >= 4 is 11.9 Å². The van der Waals surface area contributed by atoms with Gasteiger partial charge < -0.3 is 11.6 Å². The number of carbonyl (C=O) groups is 2. The molecule has 0 saturated carbocycles. The summed E-state index contributed by atoms with van der Waals surface area (Å²) in [6.45, 7) is 3.51. The largest absolute Gasteiger partial charge is 1.00 e. The standard InChI is InChI=1S/C16H30O4.K.H/c1-3-4-5-6-7-8-9-10-11-12-13-16(2,14(17)18)15(19)20;;/h3-13H2,1-2H3,(H,17,18)(H,19,20);;/q;+1;-1. The third-order valence-corrected chi connectivity index (χ3v) is 3.97. The van der Waals surface area contributed by atoms with Crippen molar-refractivity contribution < 1.29 is 72.6 Å². The molecule has 0 atom stereocenters. The summed E-state index contributed by atoms with van der Waals surface area (Å²) < 4.78 is 0. The van der Waals surface area contributed by atoms with Gasteiger partial charge in [0, 0.05) is 0 Å². The van der Waals surface area contributed by atoms with Crippen molar-refractivity contribution in [1.82, 2.24) is 0 Å². The van der Waals surface area contributed by atoms with E-state index < -0.39 is 17.4 Å². The zero-order valence-corrected chi connectivity index (χ0v) is 17.1. The fourth-order valence-corrected chi connectivity index (χ4v) is 2.27. The normalized spacial score (nSPS) is 11.0. The molecule has 0 heterocycles. The monoisotopic (exact) mass is 326 g/mol. The van der Waals surface area contributed by atoms with E-state index in [0.29, 0.717) is 6.42 Å². The minimum atomic E-state index is -1.62. The number of hydrogen-bond acceptors (Lipinski definition) is 2. The Morgan fingerprint density at radius 2 is 1.14 bits per heavy atom. The van der Waals surface area contributed by atoms with Gasteiger partial charge in [0.25, 0.3) is 0 Å². The van der Waals surface area contributed by atoms with Crippen molar-refractivity contribution in [2.45, 2.75) is 84.5 Å². The Balaban J connectivity index is -0.00000180. The van der Waals surface area contributed by atoms with Gasteiger partial charge in [-0.1, -0.05) is 71.1 Å². The first-order valence-corrected chi connectivity index (χ1v) is 7.92. The van der Waals surface area contributed by atoms with Crippen molar-refractivity contribution in [1.29, 1.82) is 0 Å². The molecular weight excluding hydrogens is 295 g/mol. The number of carboxylic acids is 2. The maximum Gasteiger partial charge on any atom is 1.00 e. The molecule has 0 aromatic rings. The van der Waals surface area contributed by atoms with Crippen LogP contribution in [0.15, 0.2) is 0 Å². The SMILES string of the molecule is CCCCCCCCCCCCC(C)(C(=O)O)C(=O)O.[H-].[K+].